The largest absolute Gasteiger partial charge is 0.393 e. The van der Waals surface area contributed by atoms with E-state index >= 15 is 0 Å². The van der Waals surface area contributed by atoms with Crippen LogP contribution in [0.25, 0.3) is 0 Å². The van der Waals surface area contributed by atoms with E-state index < -0.39 is 0 Å². The van der Waals surface area contributed by atoms with Crippen LogP contribution >= 0.6 is 0 Å². The molecule has 0 aromatic carbocycles. The van der Waals surface area contributed by atoms with E-state index in [0.717, 1.165) is 95.5 Å². The Bertz CT molecular complexity index is 867. The minimum atomic E-state index is -0.324. The molecule has 2 heterocycles. The third-order valence-electron chi connectivity index (χ3n) is 12.7. The first kappa shape index (κ1) is 33.8. The molecule has 0 radical (unpaired) electrons. The van der Waals surface area contributed by atoms with Crippen molar-refractivity contribution in [3.05, 3.63) is 11.6 Å². The number of aliphatic hydroxyl groups is 3. The molecule has 0 spiro atoms. The highest BCUT2D eigenvalue weighted by Crippen LogP contribution is 2.41. The zero-order valence-corrected chi connectivity index (χ0v) is 27.9. The Labute approximate surface area is 263 Å². The number of rotatable bonds is 10. The number of nitrogens with zero attached hydrogens (tertiary/aromatic N) is 2. The Morgan fingerprint density at radius 1 is 0.930 bits per heavy atom. The summed E-state index contributed by atoms with van der Waals surface area (Å²) in [4.78, 5) is 5.09. The average molecular weight is 603 g/mol. The lowest BCUT2D eigenvalue weighted by atomic mass is 9.78. The standard InChI is InChI=1S/C36H66N4O3/c1-26(41)6-7-28-8-12-30(13-9-28)33-17-20-37-34(38-33)25-29-10-14-32(15-11-29)39-21-23-40(24-22-39)35(43)31-5-4-18-36(3,19-16-31)27(2)42/h8,26-27,29-35,37-38,41-43H,4-7,9-25H2,1-3H3. The van der Waals surface area contributed by atoms with Crippen LogP contribution in [-0.4, -0.2) is 94.5 Å². The third-order valence-corrected chi connectivity index (χ3v) is 12.7. The molecule has 4 fully saturated rings. The van der Waals surface area contributed by atoms with Gasteiger partial charge in [-0.25, -0.2) is 0 Å². The van der Waals surface area contributed by atoms with Gasteiger partial charge in [0.2, 0.25) is 0 Å². The van der Waals surface area contributed by atoms with Gasteiger partial charge in [0, 0.05) is 38.3 Å². The molecule has 2 aliphatic heterocycles. The van der Waals surface area contributed by atoms with Crippen LogP contribution in [-0.2, 0) is 0 Å². The maximum atomic E-state index is 11.3. The summed E-state index contributed by atoms with van der Waals surface area (Å²) in [6, 6.07) is 1.36. The van der Waals surface area contributed by atoms with Crippen LogP contribution in [0.2, 0.25) is 0 Å². The molecule has 3 aliphatic carbocycles. The summed E-state index contributed by atoms with van der Waals surface area (Å²) < 4.78 is 0. The van der Waals surface area contributed by atoms with Crippen molar-refractivity contribution >= 4 is 0 Å². The van der Waals surface area contributed by atoms with E-state index in [4.69, 9.17) is 0 Å². The van der Waals surface area contributed by atoms with Gasteiger partial charge in [0.15, 0.2) is 0 Å². The van der Waals surface area contributed by atoms with Gasteiger partial charge < -0.3 is 20.6 Å². The minimum absolute atomic E-state index is 0.00849. The molecule has 7 heteroatoms. The Morgan fingerprint density at radius 3 is 2.37 bits per heavy atom. The molecule has 248 valence electrons. The normalized spacial score (nSPS) is 39.4. The lowest BCUT2D eigenvalue weighted by Crippen LogP contribution is -2.57. The van der Waals surface area contributed by atoms with Gasteiger partial charge in [-0.1, -0.05) is 25.0 Å². The van der Waals surface area contributed by atoms with E-state index in [9.17, 15) is 15.3 Å². The van der Waals surface area contributed by atoms with Crippen molar-refractivity contribution in [2.45, 2.75) is 160 Å². The Balaban J connectivity index is 0.991. The molecule has 5 rings (SSSR count). The van der Waals surface area contributed by atoms with Crippen LogP contribution in [0.1, 0.15) is 124 Å². The van der Waals surface area contributed by atoms with E-state index in [1.54, 1.807) is 5.57 Å². The highest BCUT2D eigenvalue weighted by molar-refractivity contribution is 5.08. The second-order valence-electron chi connectivity index (χ2n) is 15.8. The highest BCUT2D eigenvalue weighted by atomic mass is 16.3. The van der Waals surface area contributed by atoms with Gasteiger partial charge in [0.25, 0.3) is 0 Å². The number of piperazine rings is 1. The van der Waals surface area contributed by atoms with E-state index in [2.05, 4.69) is 33.4 Å². The highest BCUT2D eigenvalue weighted by Gasteiger charge is 2.38. The molecule has 5 N–H and O–H groups in total. The fourth-order valence-electron chi connectivity index (χ4n) is 9.25. The molecular weight excluding hydrogens is 536 g/mol. The topological polar surface area (TPSA) is 91.2 Å². The Morgan fingerprint density at radius 2 is 1.70 bits per heavy atom. The summed E-state index contributed by atoms with van der Waals surface area (Å²) in [7, 11) is 0. The zero-order valence-electron chi connectivity index (χ0n) is 27.9. The SMILES string of the molecule is CC(O)CCC1=CCC(C2CCNC(CC3CCC(N4CCN(C(O)C5CCCC(C)(C(C)O)CC5)CC4)CC3)N2)CC1. The molecule has 43 heavy (non-hydrogen) atoms. The lowest BCUT2D eigenvalue weighted by molar-refractivity contribution is -0.0728. The minimum Gasteiger partial charge on any atom is -0.393 e. The summed E-state index contributed by atoms with van der Waals surface area (Å²) in [5.41, 5.74) is 1.58. The van der Waals surface area contributed by atoms with Crippen molar-refractivity contribution in [3.63, 3.8) is 0 Å². The van der Waals surface area contributed by atoms with Gasteiger partial charge in [-0.15, -0.1) is 0 Å². The molecule has 0 aromatic heterocycles. The second-order valence-corrected chi connectivity index (χ2v) is 15.8. The van der Waals surface area contributed by atoms with Crippen molar-refractivity contribution in [3.8, 4) is 0 Å². The number of allylic oxidation sites excluding steroid dienone is 2. The monoisotopic (exact) mass is 603 g/mol. The van der Waals surface area contributed by atoms with Gasteiger partial charge in [-0.3, -0.25) is 15.1 Å². The first-order chi connectivity index (χ1) is 20.7. The molecular formula is C36H66N4O3. The maximum Gasteiger partial charge on any atom is 0.110 e. The predicted molar refractivity (Wildman–Crippen MR) is 176 cm³/mol. The number of aliphatic hydroxyl groups excluding tert-OH is 3. The molecule has 0 bridgehead atoms. The lowest BCUT2D eigenvalue weighted by Gasteiger charge is -2.45. The molecule has 0 amide bonds. The summed E-state index contributed by atoms with van der Waals surface area (Å²) in [5.74, 6) is 1.93. The molecule has 8 atom stereocenters. The number of hydrogen-bond donors (Lipinski definition) is 5. The van der Waals surface area contributed by atoms with Crippen LogP contribution in [0.5, 0.6) is 0 Å². The van der Waals surface area contributed by atoms with Gasteiger partial charge >= 0.3 is 0 Å². The Kier molecular flexibility index (Phi) is 12.5. The molecule has 2 saturated heterocycles. The van der Waals surface area contributed by atoms with E-state index in [0.29, 0.717) is 18.1 Å². The Hall–Kier alpha value is -0.540. The maximum absolute atomic E-state index is 11.3. The van der Waals surface area contributed by atoms with Gasteiger partial charge in [-0.2, -0.15) is 0 Å². The summed E-state index contributed by atoms with van der Waals surface area (Å²) in [6.45, 7) is 11.4. The number of hydrogen-bond acceptors (Lipinski definition) is 7. The fourth-order valence-corrected chi connectivity index (χ4v) is 9.25. The quantitative estimate of drug-likeness (QED) is 0.178. The van der Waals surface area contributed by atoms with Gasteiger partial charge in [0.05, 0.1) is 18.4 Å². The second kappa shape index (κ2) is 15.8. The van der Waals surface area contributed by atoms with Gasteiger partial charge in [-0.05, 0) is 140 Å². The fraction of sp³-hybridized carbons (Fsp3) is 0.944. The van der Waals surface area contributed by atoms with Crippen molar-refractivity contribution < 1.29 is 15.3 Å². The summed E-state index contributed by atoms with van der Waals surface area (Å²) in [6.07, 6.45) is 21.0. The molecule has 8 unspecified atom stereocenters. The molecule has 2 saturated carbocycles. The first-order valence-corrected chi connectivity index (χ1v) is 18.4. The molecule has 7 nitrogen and oxygen atoms in total. The molecule has 0 aromatic rings. The van der Waals surface area contributed by atoms with Crippen molar-refractivity contribution in [2.75, 3.05) is 32.7 Å². The van der Waals surface area contributed by atoms with Crippen molar-refractivity contribution in [1.82, 2.24) is 20.4 Å². The van der Waals surface area contributed by atoms with Crippen LogP contribution in [0.15, 0.2) is 11.6 Å². The van der Waals surface area contributed by atoms with Crippen LogP contribution in [0.4, 0.5) is 0 Å². The van der Waals surface area contributed by atoms with Crippen LogP contribution in [0, 0.1) is 23.2 Å². The first-order valence-electron chi connectivity index (χ1n) is 18.4. The van der Waals surface area contributed by atoms with Gasteiger partial charge in [0.1, 0.15) is 6.23 Å². The summed E-state index contributed by atoms with van der Waals surface area (Å²) in [5, 5.41) is 39.0. The zero-order chi connectivity index (χ0) is 30.4. The number of nitrogens with one attached hydrogen (secondary N) is 2. The van der Waals surface area contributed by atoms with Crippen LogP contribution < -0.4 is 10.6 Å². The summed E-state index contributed by atoms with van der Waals surface area (Å²) >= 11 is 0. The molecule has 5 aliphatic rings. The van der Waals surface area contributed by atoms with Crippen molar-refractivity contribution in [1.29, 1.82) is 0 Å². The van der Waals surface area contributed by atoms with E-state index in [-0.39, 0.29) is 23.9 Å². The smallest absolute Gasteiger partial charge is 0.110 e. The third kappa shape index (κ3) is 9.27. The van der Waals surface area contributed by atoms with Crippen LogP contribution in [0.3, 0.4) is 0 Å². The van der Waals surface area contributed by atoms with Crippen molar-refractivity contribution in [2.24, 2.45) is 23.2 Å². The average Bonchev–Trinajstić information content (AvgIpc) is 3.23. The van der Waals surface area contributed by atoms with E-state index in [1.165, 1.54) is 57.8 Å². The van der Waals surface area contributed by atoms with E-state index in [1.807, 2.05) is 13.8 Å². The predicted octanol–water partition coefficient (Wildman–Crippen LogP) is 5.00.